The number of rotatable bonds is 4. The molecule has 0 aliphatic carbocycles. The molecule has 1 atom stereocenters. The minimum Gasteiger partial charge on any atom is -0.309 e. The number of aliphatic imine (C=N–C) groups is 1. The van der Waals surface area contributed by atoms with Gasteiger partial charge < -0.3 is 4.90 Å². The first-order valence-corrected chi connectivity index (χ1v) is 7.45. The summed E-state index contributed by atoms with van der Waals surface area (Å²) in [6, 6.07) is 13.0. The van der Waals surface area contributed by atoms with Gasteiger partial charge in [0.05, 0.1) is 11.8 Å². The molecule has 3 rings (SSSR count). The summed E-state index contributed by atoms with van der Waals surface area (Å²) in [5, 5.41) is 0. The Morgan fingerprint density at radius 2 is 2.00 bits per heavy atom. The van der Waals surface area contributed by atoms with Crippen LogP contribution in [0.2, 0.25) is 0 Å². The maximum Gasteiger partial charge on any atom is 0.0740 e. The lowest BCUT2D eigenvalue weighted by atomic mass is 9.90. The van der Waals surface area contributed by atoms with Gasteiger partial charge in [-0.3, -0.25) is 9.98 Å². The SMILES string of the molecule is CN(C)CCC1Cc2ccccc2C(c2cccnc2)=N1. The third-order valence-electron chi connectivity index (χ3n) is 3.88. The standard InChI is InChI=1S/C18H21N3/c1-21(2)11-9-16-12-14-6-3-4-8-17(14)18(20-16)15-7-5-10-19-13-15/h3-8,10,13,16H,9,11-12H2,1-2H3. The second-order valence-electron chi connectivity index (χ2n) is 5.83. The lowest BCUT2D eigenvalue weighted by molar-refractivity contribution is 0.379. The van der Waals surface area contributed by atoms with Crippen molar-refractivity contribution < 1.29 is 0 Å². The molecule has 0 fully saturated rings. The summed E-state index contributed by atoms with van der Waals surface area (Å²) in [4.78, 5) is 11.5. The molecule has 0 saturated heterocycles. The number of aromatic nitrogens is 1. The van der Waals surface area contributed by atoms with E-state index in [-0.39, 0.29) is 0 Å². The van der Waals surface area contributed by atoms with E-state index in [4.69, 9.17) is 4.99 Å². The third-order valence-corrected chi connectivity index (χ3v) is 3.88. The predicted molar refractivity (Wildman–Crippen MR) is 87.0 cm³/mol. The quantitative estimate of drug-likeness (QED) is 0.861. The third kappa shape index (κ3) is 3.19. The van der Waals surface area contributed by atoms with Crippen LogP contribution >= 0.6 is 0 Å². The van der Waals surface area contributed by atoms with Gasteiger partial charge >= 0.3 is 0 Å². The smallest absolute Gasteiger partial charge is 0.0740 e. The lowest BCUT2D eigenvalue weighted by Crippen LogP contribution is -2.25. The van der Waals surface area contributed by atoms with Gasteiger partial charge in [-0.05, 0) is 51.2 Å². The minimum absolute atomic E-state index is 0.359. The molecule has 1 aliphatic rings. The molecule has 0 radical (unpaired) electrons. The van der Waals surface area contributed by atoms with Crippen molar-refractivity contribution >= 4 is 5.71 Å². The highest BCUT2D eigenvalue weighted by Gasteiger charge is 2.21. The molecule has 3 nitrogen and oxygen atoms in total. The van der Waals surface area contributed by atoms with Crippen molar-refractivity contribution in [3.05, 3.63) is 65.5 Å². The van der Waals surface area contributed by atoms with Crippen LogP contribution in [0.3, 0.4) is 0 Å². The van der Waals surface area contributed by atoms with Gasteiger partial charge in [0, 0.05) is 23.5 Å². The monoisotopic (exact) mass is 279 g/mol. The Bertz CT molecular complexity index is 632. The summed E-state index contributed by atoms with van der Waals surface area (Å²) in [6.45, 7) is 1.07. The zero-order valence-electron chi connectivity index (χ0n) is 12.7. The second kappa shape index (κ2) is 6.19. The largest absolute Gasteiger partial charge is 0.309 e. The van der Waals surface area contributed by atoms with E-state index in [2.05, 4.69) is 54.3 Å². The molecule has 0 saturated carbocycles. The van der Waals surface area contributed by atoms with Gasteiger partial charge in [0.25, 0.3) is 0 Å². The van der Waals surface area contributed by atoms with Gasteiger partial charge in [0.15, 0.2) is 0 Å². The first-order valence-electron chi connectivity index (χ1n) is 7.45. The first-order chi connectivity index (χ1) is 10.2. The summed E-state index contributed by atoms with van der Waals surface area (Å²) < 4.78 is 0. The molecule has 21 heavy (non-hydrogen) atoms. The summed E-state index contributed by atoms with van der Waals surface area (Å²) >= 11 is 0. The summed E-state index contributed by atoms with van der Waals surface area (Å²) in [5.74, 6) is 0. The molecular weight excluding hydrogens is 258 g/mol. The zero-order chi connectivity index (χ0) is 14.7. The van der Waals surface area contributed by atoms with Crippen LogP contribution in [0, 0.1) is 0 Å². The lowest BCUT2D eigenvalue weighted by Gasteiger charge is -2.24. The molecule has 1 unspecified atom stereocenters. The van der Waals surface area contributed by atoms with E-state index < -0.39 is 0 Å². The average Bonchev–Trinajstić information content (AvgIpc) is 2.53. The van der Waals surface area contributed by atoms with Crippen molar-refractivity contribution in [1.29, 1.82) is 0 Å². The average molecular weight is 279 g/mol. The maximum atomic E-state index is 5.02. The minimum atomic E-state index is 0.359. The highest BCUT2D eigenvalue weighted by molar-refractivity contribution is 6.14. The van der Waals surface area contributed by atoms with Crippen molar-refractivity contribution in [1.82, 2.24) is 9.88 Å². The van der Waals surface area contributed by atoms with Gasteiger partial charge in [-0.15, -0.1) is 0 Å². The molecule has 3 heteroatoms. The van der Waals surface area contributed by atoms with Gasteiger partial charge in [-0.2, -0.15) is 0 Å². The number of benzene rings is 1. The van der Waals surface area contributed by atoms with Crippen molar-refractivity contribution in [3.8, 4) is 0 Å². The number of hydrogen-bond acceptors (Lipinski definition) is 3. The molecule has 1 aromatic carbocycles. The first kappa shape index (κ1) is 14.0. The van der Waals surface area contributed by atoms with E-state index in [9.17, 15) is 0 Å². The van der Waals surface area contributed by atoms with E-state index in [0.717, 1.165) is 30.7 Å². The Kier molecular flexibility index (Phi) is 4.11. The van der Waals surface area contributed by atoms with Crippen LogP contribution in [0.25, 0.3) is 0 Å². The summed E-state index contributed by atoms with van der Waals surface area (Å²) in [6.07, 6.45) is 5.84. The topological polar surface area (TPSA) is 28.5 Å². The zero-order valence-corrected chi connectivity index (χ0v) is 12.7. The molecule has 2 heterocycles. The van der Waals surface area contributed by atoms with Crippen molar-refractivity contribution in [2.75, 3.05) is 20.6 Å². The molecule has 0 bridgehead atoms. The molecule has 0 amide bonds. The Morgan fingerprint density at radius 1 is 1.14 bits per heavy atom. The van der Waals surface area contributed by atoms with Crippen LogP contribution in [0.1, 0.15) is 23.1 Å². The molecule has 108 valence electrons. The Balaban J connectivity index is 1.96. The van der Waals surface area contributed by atoms with Crippen molar-refractivity contribution in [2.24, 2.45) is 4.99 Å². The van der Waals surface area contributed by atoms with Crippen LogP contribution in [0.5, 0.6) is 0 Å². The Morgan fingerprint density at radius 3 is 2.76 bits per heavy atom. The molecule has 0 N–H and O–H groups in total. The molecule has 1 aromatic heterocycles. The fourth-order valence-electron chi connectivity index (χ4n) is 2.79. The van der Waals surface area contributed by atoms with E-state index >= 15 is 0 Å². The molecule has 0 spiro atoms. The van der Waals surface area contributed by atoms with Crippen LogP contribution in [-0.2, 0) is 6.42 Å². The van der Waals surface area contributed by atoms with E-state index in [0.29, 0.717) is 6.04 Å². The maximum absolute atomic E-state index is 5.02. The van der Waals surface area contributed by atoms with Gasteiger partial charge in [-0.25, -0.2) is 0 Å². The van der Waals surface area contributed by atoms with Crippen LogP contribution < -0.4 is 0 Å². The Labute approximate surface area is 126 Å². The normalized spacial score (nSPS) is 17.5. The van der Waals surface area contributed by atoms with Crippen molar-refractivity contribution in [3.63, 3.8) is 0 Å². The number of nitrogens with zero attached hydrogens (tertiary/aromatic N) is 3. The summed E-state index contributed by atoms with van der Waals surface area (Å²) in [5.41, 5.74) is 4.86. The van der Waals surface area contributed by atoms with Crippen LogP contribution in [0.15, 0.2) is 53.8 Å². The number of pyridine rings is 1. The van der Waals surface area contributed by atoms with Gasteiger partial charge in [0.2, 0.25) is 0 Å². The van der Waals surface area contributed by atoms with E-state index in [1.807, 2.05) is 18.5 Å². The van der Waals surface area contributed by atoms with E-state index in [1.165, 1.54) is 11.1 Å². The van der Waals surface area contributed by atoms with Crippen LogP contribution in [0.4, 0.5) is 0 Å². The second-order valence-corrected chi connectivity index (χ2v) is 5.83. The van der Waals surface area contributed by atoms with Gasteiger partial charge in [0.1, 0.15) is 0 Å². The fourth-order valence-corrected chi connectivity index (χ4v) is 2.79. The highest BCUT2D eigenvalue weighted by Crippen LogP contribution is 2.24. The van der Waals surface area contributed by atoms with Crippen LogP contribution in [-0.4, -0.2) is 42.3 Å². The van der Waals surface area contributed by atoms with E-state index in [1.54, 1.807) is 0 Å². The number of fused-ring (bicyclic) bond motifs is 1. The molecular formula is C18H21N3. The fraction of sp³-hybridized carbons (Fsp3) is 0.333. The van der Waals surface area contributed by atoms with Crippen molar-refractivity contribution in [2.45, 2.75) is 18.9 Å². The predicted octanol–water partition coefficient (Wildman–Crippen LogP) is 2.80. The molecule has 2 aromatic rings. The molecule has 1 aliphatic heterocycles. The van der Waals surface area contributed by atoms with Gasteiger partial charge in [-0.1, -0.05) is 24.3 Å². The number of hydrogen-bond donors (Lipinski definition) is 0. The highest BCUT2D eigenvalue weighted by atomic mass is 15.1. The summed E-state index contributed by atoms with van der Waals surface area (Å²) in [7, 11) is 4.23. The Hall–Kier alpha value is -2.00.